The van der Waals surface area contributed by atoms with Gasteiger partial charge in [-0.1, -0.05) is 152 Å². The van der Waals surface area contributed by atoms with Crippen LogP contribution in [0.1, 0.15) is 0 Å². The van der Waals surface area contributed by atoms with Crippen LogP contribution < -0.4 is 0 Å². The molecule has 3 nitrogen and oxygen atoms in total. The largest absolute Gasteiger partial charge is 0.247 e. The van der Waals surface area contributed by atoms with E-state index in [0.29, 0.717) is 0 Å². The Hall–Kier alpha value is -7.05. The molecule has 0 aliphatic carbocycles. The Kier molecular flexibility index (Phi) is 7.58. The van der Waals surface area contributed by atoms with Crippen molar-refractivity contribution < 1.29 is 0 Å². The zero-order chi connectivity index (χ0) is 38.2. The molecule has 8 aromatic carbocycles. The maximum absolute atomic E-state index is 5.19. The standard InChI is InChI=1S/C53H31N3S2/c1-3-11-33(12-4-1)45-31-46(56-53(55-45)37-23-25-39-38-15-8-10-18-47(38)57-49(39)30-37)34-21-19-32(20-22-34)36-24-28-48-43(29-36)40-26-27-42-50(52(40)58-48)41-16-7-9-17-44(41)54-51(42)35-13-5-2-6-14-35/h1-31H. The summed E-state index contributed by atoms with van der Waals surface area (Å²) >= 11 is 3.69. The van der Waals surface area contributed by atoms with E-state index >= 15 is 0 Å². The number of aromatic nitrogens is 3. The monoisotopic (exact) mass is 773 g/mol. The Labute approximate surface area is 342 Å². The lowest BCUT2D eigenvalue weighted by Crippen LogP contribution is -1.96. The lowest BCUT2D eigenvalue weighted by molar-refractivity contribution is 1.18. The minimum atomic E-state index is 0.724. The van der Waals surface area contributed by atoms with Gasteiger partial charge >= 0.3 is 0 Å². The van der Waals surface area contributed by atoms with E-state index in [-0.39, 0.29) is 0 Å². The van der Waals surface area contributed by atoms with Crippen LogP contribution in [0.4, 0.5) is 0 Å². The highest BCUT2D eigenvalue weighted by atomic mass is 32.1. The van der Waals surface area contributed by atoms with Crippen molar-refractivity contribution >= 4 is 84.7 Å². The van der Waals surface area contributed by atoms with Crippen molar-refractivity contribution in [1.82, 2.24) is 15.0 Å². The van der Waals surface area contributed by atoms with Crippen LogP contribution in [0, 0.1) is 0 Å². The van der Waals surface area contributed by atoms with Crippen LogP contribution in [0.3, 0.4) is 0 Å². The van der Waals surface area contributed by atoms with E-state index in [4.69, 9.17) is 15.0 Å². The van der Waals surface area contributed by atoms with E-state index in [1.54, 1.807) is 0 Å². The molecule has 0 aliphatic heterocycles. The average molecular weight is 774 g/mol. The molecular formula is C53H31N3S2. The summed E-state index contributed by atoms with van der Waals surface area (Å²) in [6.45, 7) is 0. The number of fused-ring (bicyclic) bond motifs is 10. The number of benzene rings is 8. The van der Waals surface area contributed by atoms with Crippen molar-refractivity contribution in [2.24, 2.45) is 0 Å². The molecule has 0 atom stereocenters. The first-order chi connectivity index (χ1) is 28.7. The Morgan fingerprint density at radius 2 is 0.897 bits per heavy atom. The molecule has 0 bridgehead atoms. The first-order valence-corrected chi connectivity index (χ1v) is 21.1. The summed E-state index contributed by atoms with van der Waals surface area (Å²) in [6.07, 6.45) is 0. The maximum Gasteiger partial charge on any atom is 0.160 e. The first-order valence-electron chi connectivity index (χ1n) is 19.4. The molecule has 5 heteroatoms. The summed E-state index contributed by atoms with van der Waals surface area (Å²) in [5.74, 6) is 0.724. The van der Waals surface area contributed by atoms with Gasteiger partial charge in [0.15, 0.2) is 5.82 Å². The molecule has 12 rings (SSSR count). The molecule has 0 spiro atoms. The van der Waals surface area contributed by atoms with E-state index in [0.717, 1.165) is 50.7 Å². The fourth-order valence-electron chi connectivity index (χ4n) is 8.44. The second kappa shape index (κ2) is 13.3. The number of nitrogens with zero attached hydrogens (tertiary/aromatic N) is 3. The van der Waals surface area contributed by atoms with Crippen LogP contribution in [-0.4, -0.2) is 15.0 Å². The highest BCUT2D eigenvalue weighted by molar-refractivity contribution is 7.27. The Balaban J connectivity index is 0.952. The van der Waals surface area contributed by atoms with E-state index in [1.165, 1.54) is 67.6 Å². The van der Waals surface area contributed by atoms with Crippen molar-refractivity contribution in [1.29, 1.82) is 0 Å². The molecule has 0 N–H and O–H groups in total. The van der Waals surface area contributed by atoms with Gasteiger partial charge in [0.25, 0.3) is 0 Å². The SMILES string of the molecule is c1ccc(-c2cc(-c3ccc(-c4ccc5sc6c(ccc7c(-c8ccccc8)nc8ccccc8c76)c5c4)cc3)nc(-c3ccc4c(c3)sc3ccccc34)n2)cc1. The van der Waals surface area contributed by atoms with Crippen LogP contribution in [0.2, 0.25) is 0 Å². The molecule has 58 heavy (non-hydrogen) atoms. The summed E-state index contributed by atoms with van der Waals surface area (Å²) in [4.78, 5) is 15.5. The molecule has 0 saturated carbocycles. The molecule has 0 amide bonds. The lowest BCUT2D eigenvalue weighted by Gasteiger charge is -2.11. The number of hydrogen-bond donors (Lipinski definition) is 0. The summed E-state index contributed by atoms with van der Waals surface area (Å²) in [6, 6.07) is 67.1. The second-order valence-electron chi connectivity index (χ2n) is 14.7. The lowest BCUT2D eigenvalue weighted by atomic mass is 9.97. The first kappa shape index (κ1) is 33.1. The van der Waals surface area contributed by atoms with Gasteiger partial charge in [-0.05, 0) is 47.5 Å². The van der Waals surface area contributed by atoms with Gasteiger partial charge in [-0.25, -0.2) is 15.0 Å². The van der Waals surface area contributed by atoms with Gasteiger partial charge in [0, 0.05) is 78.8 Å². The molecule has 0 aliphatic rings. The van der Waals surface area contributed by atoms with Crippen molar-refractivity contribution in [3.8, 4) is 56.3 Å². The van der Waals surface area contributed by atoms with E-state index in [2.05, 4.69) is 182 Å². The summed E-state index contributed by atoms with van der Waals surface area (Å²) < 4.78 is 5.11. The predicted octanol–water partition coefficient (Wildman–Crippen LogP) is 15.2. The van der Waals surface area contributed by atoms with Crippen molar-refractivity contribution in [3.05, 3.63) is 188 Å². The molecule has 0 saturated heterocycles. The zero-order valence-corrected chi connectivity index (χ0v) is 32.7. The molecule has 4 aromatic heterocycles. The minimum Gasteiger partial charge on any atom is -0.247 e. The fourth-order valence-corrected chi connectivity index (χ4v) is 10.8. The molecule has 4 heterocycles. The third kappa shape index (κ3) is 5.43. The van der Waals surface area contributed by atoms with Gasteiger partial charge in [0.05, 0.1) is 22.6 Å². The van der Waals surface area contributed by atoms with Crippen LogP contribution >= 0.6 is 22.7 Å². The Bertz CT molecular complexity index is 3550. The third-order valence-corrected chi connectivity index (χ3v) is 13.6. The summed E-state index contributed by atoms with van der Waals surface area (Å²) in [7, 11) is 0. The molecular weight excluding hydrogens is 743 g/mol. The highest BCUT2D eigenvalue weighted by Gasteiger charge is 2.17. The van der Waals surface area contributed by atoms with Gasteiger partial charge in [0.1, 0.15) is 0 Å². The summed E-state index contributed by atoms with van der Waals surface area (Å²) in [5, 5.41) is 8.75. The maximum atomic E-state index is 5.19. The summed E-state index contributed by atoms with van der Waals surface area (Å²) in [5.41, 5.74) is 10.5. The van der Waals surface area contributed by atoms with Gasteiger partial charge in [-0.15, -0.1) is 22.7 Å². The van der Waals surface area contributed by atoms with E-state index in [1.807, 2.05) is 28.7 Å². The van der Waals surface area contributed by atoms with Gasteiger partial charge in [-0.3, -0.25) is 0 Å². The smallest absolute Gasteiger partial charge is 0.160 e. The van der Waals surface area contributed by atoms with Crippen LogP contribution in [0.5, 0.6) is 0 Å². The van der Waals surface area contributed by atoms with Gasteiger partial charge in [-0.2, -0.15) is 0 Å². The van der Waals surface area contributed by atoms with Gasteiger partial charge in [0.2, 0.25) is 0 Å². The average Bonchev–Trinajstić information content (AvgIpc) is 3.87. The van der Waals surface area contributed by atoms with E-state index < -0.39 is 0 Å². The van der Waals surface area contributed by atoms with Crippen molar-refractivity contribution in [3.63, 3.8) is 0 Å². The van der Waals surface area contributed by atoms with Crippen LogP contribution in [0.15, 0.2) is 188 Å². The number of thiophene rings is 2. The van der Waals surface area contributed by atoms with E-state index in [9.17, 15) is 0 Å². The molecule has 270 valence electrons. The van der Waals surface area contributed by atoms with Crippen molar-refractivity contribution in [2.45, 2.75) is 0 Å². The molecule has 12 aromatic rings. The van der Waals surface area contributed by atoms with Crippen LogP contribution in [0.25, 0.3) is 118 Å². The molecule has 0 unspecified atom stereocenters. The molecule has 0 fully saturated rings. The number of rotatable bonds is 5. The zero-order valence-electron chi connectivity index (χ0n) is 31.1. The number of para-hydroxylation sites is 1. The Morgan fingerprint density at radius 3 is 1.71 bits per heavy atom. The highest BCUT2D eigenvalue weighted by Crippen LogP contribution is 2.44. The third-order valence-electron chi connectivity index (χ3n) is 11.3. The van der Waals surface area contributed by atoms with Crippen LogP contribution in [-0.2, 0) is 0 Å². The second-order valence-corrected chi connectivity index (χ2v) is 16.9. The predicted molar refractivity (Wildman–Crippen MR) is 248 cm³/mol. The normalized spacial score (nSPS) is 11.8. The number of hydrogen-bond acceptors (Lipinski definition) is 5. The molecule has 0 radical (unpaired) electrons. The quantitative estimate of drug-likeness (QED) is 0.164. The Morgan fingerprint density at radius 1 is 0.310 bits per heavy atom. The van der Waals surface area contributed by atoms with Gasteiger partial charge < -0.3 is 0 Å². The topological polar surface area (TPSA) is 38.7 Å². The fraction of sp³-hybridized carbons (Fsp3) is 0. The van der Waals surface area contributed by atoms with Crippen molar-refractivity contribution in [2.75, 3.05) is 0 Å². The number of pyridine rings is 1. The minimum absolute atomic E-state index is 0.724.